The number of rotatable bonds is 9. The van der Waals surface area contributed by atoms with Gasteiger partial charge in [-0.25, -0.2) is 0 Å². The lowest BCUT2D eigenvalue weighted by Gasteiger charge is -2.35. The summed E-state index contributed by atoms with van der Waals surface area (Å²) in [5.74, 6) is 0.804. The molecule has 1 saturated heterocycles. The lowest BCUT2D eigenvalue weighted by Crippen LogP contribution is -2.37. The van der Waals surface area contributed by atoms with Gasteiger partial charge in [0, 0.05) is 35.2 Å². The van der Waals surface area contributed by atoms with Crippen LogP contribution in [0.3, 0.4) is 0 Å². The van der Waals surface area contributed by atoms with Crippen LogP contribution in [0.25, 0.3) is 6.08 Å². The second-order valence-electron chi connectivity index (χ2n) is 11.0. The largest absolute Gasteiger partial charge is 0.494 e. The third-order valence-electron chi connectivity index (χ3n) is 8.62. The molecule has 2 fully saturated rings. The summed E-state index contributed by atoms with van der Waals surface area (Å²) in [5.41, 5.74) is 4.71. The first-order valence-corrected chi connectivity index (χ1v) is 14.7. The Labute approximate surface area is 247 Å². The molecule has 1 saturated carbocycles. The first kappa shape index (κ1) is 27.4. The Balaban J connectivity index is 1.65. The fourth-order valence-electron chi connectivity index (χ4n) is 6.89. The van der Waals surface area contributed by atoms with Crippen molar-refractivity contribution >= 4 is 11.9 Å². The van der Waals surface area contributed by atoms with Gasteiger partial charge >= 0.3 is 0 Å². The van der Waals surface area contributed by atoms with Crippen molar-refractivity contribution in [1.29, 1.82) is 10.5 Å². The summed E-state index contributed by atoms with van der Waals surface area (Å²) >= 11 is 0. The van der Waals surface area contributed by atoms with Gasteiger partial charge in [-0.2, -0.15) is 10.5 Å². The van der Waals surface area contributed by atoms with Gasteiger partial charge in [0.05, 0.1) is 19.3 Å². The molecular formula is C36H33N3O3. The van der Waals surface area contributed by atoms with Gasteiger partial charge in [0.15, 0.2) is 5.78 Å². The van der Waals surface area contributed by atoms with Gasteiger partial charge in [-0.3, -0.25) is 4.79 Å². The Kier molecular flexibility index (Phi) is 7.55. The average Bonchev–Trinajstić information content (AvgIpc) is 3.81. The van der Waals surface area contributed by atoms with E-state index in [1.54, 1.807) is 0 Å². The highest BCUT2D eigenvalue weighted by Crippen LogP contribution is 2.60. The Bertz CT molecular complexity index is 1630. The summed E-state index contributed by atoms with van der Waals surface area (Å²) in [4.78, 5) is 16.8. The molecule has 6 nitrogen and oxygen atoms in total. The standard InChI is InChI=1S/C36H33N3O3/c1-3-41-27-16-17-29(30(20-27)42-4-2)32-33(31(24-14-15-24)26(21-37)22-38)34-28-13-9-8-10-23(28)18-19-39(34)35(32)36(40)25-11-6-5-7-12-25/h5-13,16-20,24,32-35H,3-4,14-15H2,1-2H3/t32-,33+,34-,35+/m1/s1. The molecule has 210 valence electrons. The molecule has 6 rings (SSSR count). The van der Waals surface area contributed by atoms with Gasteiger partial charge in [-0.1, -0.05) is 60.7 Å². The van der Waals surface area contributed by atoms with Crippen molar-refractivity contribution in [3.05, 3.63) is 112 Å². The van der Waals surface area contributed by atoms with E-state index in [0.717, 1.165) is 35.1 Å². The number of nitriles is 2. The first-order valence-electron chi connectivity index (χ1n) is 14.7. The molecule has 6 heteroatoms. The smallest absolute Gasteiger partial charge is 0.185 e. The van der Waals surface area contributed by atoms with Gasteiger partial charge < -0.3 is 14.4 Å². The molecule has 0 N–H and O–H groups in total. The van der Waals surface area contributed by atoms with Gasteiger partial charge in [-0.05, 0) is 61.4 Å². The number of allylic oxidation sites excluding steroid dienone is 1. The lowest BCUT2D eigenvalue weighted by molar-refractivity contribution is 0.0874. The molecule has 2 aliphatic heterocycles. The summed E-state index contributed by atoms with van der Waals surface area (Å²) < 4.78 is 12.1. The number of benzene rings is 3. The molecule has 42 heavy (non-hydrogen) atoms. The third-order valence-corrected chi connectivity index (χ3v) is 8.62. The highest BCUT2D eigenvalue weighted by molar-refractivity contribution is 6.01. The van der Waals surface area contributed by atoms with E-state index in [-0.39, 0.29) is 35.2 Å². The number of ether oxygens (including phenoxy) is 2. The van der Waals surface area contributed by atoms with Gasteiger partial charge in [-0.15, -0.1) is 0 Å². The van der Waals surface area contributed by atoms with E-state index < -0.39 is 6.04 Å². The van der Waals surface area contributed by atoms with Crippen molar-refractivity contribution in [2.45, 2.75) is 44.7 Å². The van der Waals surface area contributed by atoms with Crippen molar-refractivity contribution in [3.63, 3.8) is 0 Å². The van der Waals surface area contributed by atoms with Crippen LogP contribution in [0.1, 0.15) is 65.7 Å². The van der Waals surface area contributed by atoms with E-state index in [2.05, 4.69) is 35.2 Å². The van der Waals surface area contributed by atoms with Crippen LogP contribution in [0, 0.1) is 34.5 Å². The zero-order valence-electron chi connectivity index (χ0n) is 23.9. The van der Waals surface area contributed by atoms with Gasteiger partial charge in [0.25, 0.3) is 0 Å². The number of hydrogen-bond acceptors (Lipinski definition) is 6. The van der Waals surface area contributed by atoms with Crippen LogP contribution in [-0.4, -0.2) is 29.9 Å². The monoisotopic (exact) mass is 555 g/mol. The molecule has 0 unspecified atom stereocenters. The van der Waals surface area contributed by atoms with E-state index in [9.17, 15) is 15.3 Å². The molecule has 0 aromatic heterocycles. The van der Waals surface area contributed by atoms with E-state index in [4.69, 9.17) is 9.47 Å². The summed E-state index contributed by atoms with van der Waals surface area (Å²) in [7, 11) is 0. The van der Waals surface area contributed by atoms with Crippen LogP contribution in [0.15, 0.2) is 90.1 Å². The van der Waals surface area contributed by atoms with Crippen molar-refractivity contribution in [1.82, 2.24) is 4.90 Å². The normalized spacial score (nSPS) is 21.9. The predicted octanol–water partition coefficient (Wildman–Crippen LogP) is 7.23. The van der Waals surface area contributed by atoms with E-state index in [1.165, 1.54) is 0 Å². The highest BCUT2D eigenvalue weighted by Gasteiger charge is 2.57. The first-order chi connectivity index (χ1) is 20.6. The number of fused-ring (bicyclic) bond motifs is 3. The maximum absolute atomic E-state index is 14.6. The average molecular weight is 556 g/mol. The van der Waals surface area contributed by atoms with E-state index in [1.807, 2.05) is 80.7 Å². The minimum absolute atomic E-state index is 0.000855. The number of nitrogens with zero attached hydrogens (tertiary/aromatic N) is 3. The molecule has 0 radical (unpaired) electrons. The second kappa shape index (κ2) is 11.6. The Morgan fingerprint density at radius 3 is 2.31 bits per heavy atom. The van der Waals surface area contributed by atoms with Crippen molar-refractivity contribution in [3.8, 4) is 23.6 Å². The SMILES string of the molecule is CCOc1ccc([C@@H]2[C@H](C(=C(C#N)C#N)C3CC3)[C@H]3c4ccccc4C=CN3[C@@H]2C(=O)c2ccccc2)c(OCC)c1. The molecule has 2 heterocycles. The van der Waals surface area contributed by atoms with Gasteiger partial charge in [0.1, 0.15) is 35.3 Å². The quantitative estimate of drug-likeness (QED) is 0.205. The molecule has 0 spiro atoms. The van der Waals surface area contributed by atoms with Crippen molar-refractivity contribution < 1.29 is 14.3 Å². The predicted molar refractivity (Wildman–Crippen MR) is 161 cm³/mol. The number of carbonyl (C=O) groups excluding carboxylic acids is 1. The lowest BCUT2D eigenvalue weighted by atomic mass is 9.71. The third kappa shape index (κ3) is 4.74. The molecule has 0 amide bonds. The summed E-state index contributed by atoms with van der Waals surface area (Å²) in [6.45, 7) is 4.85. The van der Waals surface area contributed by atoms with Crippen LogP contribution in [0.4, 0.5) is 0 Å². The minimum atomic E-state index is -0.587. The fraction of sp³-hybridized carbons (Fsp3) is 0.306. The molecule has 0 bridgehead atoms. The van der Waals surface area contributed by atoms with Gasteiger partial charge in [0.2, 0.25) is 0 Å². The molecule has 1 aliphatic carbocycles. The molecule has 3 aliphatic rings. The molecular weight excluding hydrogens is 522 g/mol. The number of Topliss-reactive ketones (excluding diaryl/α,β-unsaturated/α-hetero) is 1. The van der Waals surface area contributed by atoms with Crippen LogP contribution in [0.5, 0.6) is 11.5 Å². The highest BCUT2D eigenvalue weighted by atomic mass is 16.5. The fourth-order valence-corrected chi connectivity index (χ4v) is 6.89. The maximum Gasteiger partial charge on any atom is 0.185 e. The van der Waals surface area contributed by atoms with E-state index in [0.29, 0.717) is 30.3 Å². The Hall–Kier alpha value is -4.81. The van der Waals surface area contributed by atoms with Crippen LogP contribution in [0.2, 0.25) is 0 Å². The zero-order chi connectivity index (χ0) is 29.2. The second-order valence-corrected chi connectivity index (χ2v) is 11.0. The minimum Gasteiger partial charge on any atom is -0.494 e. The van der Waals surface area contributed by atoms with Crippen LogP contribution in [-0.2, 0) is 0 Å². The molecule has 3 aromatic rings. The number of hydrogen-bond donors (Lipinski definition) is 0. The van der Waals surface area contributed by atoms with Crippen molar-refractivity contribution in [2.24, 2.45) is 11.8 Å². The summed E-state index contributed by atoms with van der Waals surface area (Å²) in [5, 5.41) is 20.4. The zero-order valence-corrected chi connectivity index (χ0v) is 23.9. The van der Waals surface area contributed by atoms with Crippen LogP contribution >= 0.6 is 0 Å². The molecule has 4 atom stereocenters. The number of carbonyl (C=O) groups is 1. The Morgan fingerprint density at radius 2 is 1.62 bits per heavy atom. The topological polar surface area (TPSA) is 86.4 Å². The molecule has 3 aromatic carbocycles. The summed E-state index contributed by atoms with van der Waals surface area (Å²) in [6.07, 6.45) is 5.95. The maximum atomic E-state index is 14.6. The Morgan fingerprint density at radius 1 is 0.905 bits per heavy atom. The van der Waals surface area contributed by atoms with E-state index >= 15 is 0 Å². The van der Waals surface area contributed by atoms with Crippen LogP contribution < -0.4 is 9.47 Å². The summed E-state index contributed by atoms with van der Waals surface area (Å²) in [6, 6.07) is 27.1. The van der Waals surface area contributed by atoms with Crippen molar-refractivity contribution in [2.75, 3.05) is 13.2 Å². The number of ketones is 1.